The Balaban J connectivity index is 1.37. The molecule has 1 aromatic carbocycles. The van der Waals surface area contributed by atoms with Crippen molar-refractivity contribution in [3.8, 4) is 0 Å². The van der Waals surface area contributed by atoms with Gasteiger partial charge in [0.25, 0.3) is 5.91 Å². The Bertz CT molecular complexity index is 955. The number of piperidine rings is 1. The molecule has 0 spiro atoms. The van der Waals surface area contributed by atoms with Crippen LogP contribution in [0.2, 0.25) is 10.0 Å². The second-order valence-corrected chi connectivity index (χ2v) is 9.49. The third-order valence-electron chi connectivity index (χ3n) is 5.91. The van der Waals surface area contributed by atoms with Crippen LogP contribution in [0.25, 0.3) is 0 Å². The number of benzene rings is 1. The Kier molecular flexibility index (Phi) is 6.46. The molecular formula is C22H22Cl2N2O3S. The summed E-state index contributed by atoms with van der Waals surface area (Å²) in [5.41, 5.74) is 0.553. The molecule has 2 amide bonds. The fourth-order valence-corrected chi connectivity index (χ4v) is 5.24. The van der Waals surface area contributed by atoms with Crippen molar-refractivity contribution < 1.29 is 14.4 Å². The van der Waals surface area contributed by atoms with Gasteiger partial charge in [0, 0.05) is 31.1 Å². The zero-order valence-electron chi connectivity index (χ0n) is 16.4. The van der Waals surface area contributed by atoms with E-state index in [9.17, 15) is 14.4 Å². The van der Waals surface area contributed by atoms with Gasteiger partial charge in [-0.05, 0) is 55.3 Å². The number of rotatable bonds is 4. The van der Waals surface area contributed by atoms with E-state index in [0.29, 0.717) is 59.4 Å². The minimum atomic E-state index is -0.401. The second kappa shape index (κ2) is 9.08. The number of nitrogens with zero attached hydrogens (tertiary/aromatic N) is 2. The third kappa shape index (κ3) is 4.27. The molecule has 158 valence electrons. The van der Waals surface area contributed by atoms with E-state index in [-0.39, 0.29) is 23.5 Å². The topological polar surface area (TPSA) is 57.7 Å². The molecule has 3 heterocycles. The van der Waals surface area contributed by atoms with Crippen LogP contribution in [0, 0.1) is 5.92 Å². The maximum absolute atomic E-state index is 13.1. The van der Waals surface area contributed by atoms with Crippen LogP contribution in [0.3, 0.4) is 0 Å². The largest absolute Gasteiger partial charge is 0.341 e. The highest BCUT2D eigenvalue weighted by atomic mass is 35.5. The Morgan fingerprint density at radius 3 is 2.40 bits per heavy atom. The predicted molar refractivity (Wildman–Crippen MR) is 118 cm³/mol. The number of halogens is 2. The SMILES string of the molecule is O=C(c1ccc(Cl)c(Cl)c1)C1CCN(C(=O)[C@@H]2CCCN2C(=O)c2cccs2)CC1. The van der Waals surface area contributed by atoms with Crippen LogP contribution in [-0.4, -0.2) is 53.1 Å². The van der Waals surface area contributed by atoms with Gasteiger partial charge >= 0.3 is 0 Å². The van der Waals surface area contributed by atoms with Crippen LogP contribution in [0.15, 0.2) is 35.7 Å². The van der Waals surface area contributed by atoms with Gasteiger partial charge in [0.05, 0.1) is 14.9 Å². The number of hydrogen-bond acceptors (Lipinski definition) is 4. The van der Waals surface area contributed by atoms with Gasteiger partial charge in [-0.1, -0.05) is 29.3 Å². The minimum Gasteiger partial charge on any atom is -0.341 e. The molecule has 0 saturated carbocycles. The van der Waals surface area contributed by atoms with Crippen LogP contribution in [0.1, 0.15) is 45.7 Å². The van der Waals surface area contributed by atoms with E-state index in [4.69, 9.17) is 23.2 Å². The molecule has 2 fully saturated rings. The lowest BCUT2D eigenvalue weighted by Gasteiger charge is -2.35. The lowest BCUT2D eigenvalue weighted by atomic mass is 9.88. The van der Waals surface area contributed by atoms with Crippen molar-refractivity contribution in [2.75, 3.05) is 19.6 Å². The molecule has 0 unspecified atom stereocenters. The minimum absolute atomic E-state index is 0.00200. The number of Topliss-reactive ketones (excluding diaryl/α,β-unsaturated/α-hetero) is 1. The number of likely N-dealkylation sites (tertiary alicyclic amines) is 2. The first-order valence-corrected chi connectivity index (χ1v) is 11.7. The molecule has 8 heteroatoms. The smallest absolute Gasteiger partial charge is 0.264 e. The van der Waals surface area contributed by atoms with E-state index < -0.39 is 6.04 Å². The number of hydrogen-bond donors (Lipinski definition) is 0. The molecule has 2 saturated heterocycles. The summed E-state index contributed by atoms with van der Waals surface area (Å²) in [7, 11) is 0. The zero-order valence-corrected chi connectivity index (χ0v) is 18.7. The summed E-state index contributed by atoms with van der Waals surface area (Å²) in [6, 6.07) is 8.18. The second-order valence-electron chi connectivity index (χ2n) is 7.73. The molecule has 1 aromatic heterocycles. The number of ketones is 1. The van der Waals surface area contributed by atoms with Crippen molar-refractivity contribution in [2.24, 2.45) is 5.92 Å². The predicted octanol–water partition coefficient (Wildman–Crippen LogP) is 4.78. The van der Waals surface area contributed by atoms with Gasteiger partial charge in [0.1, 0.15) is 6.04 Å². The number of amides is 2. The van der Waals surface area contributed by atoms with E-state index >= 15 is 0 Å². The molecule has 2 aromatic rings. The lowest BCUT2D eigenvalue weighted by Crippen LogP contribution is -2.50. The average molecular weight is 465 g/mol. The summed E-state index contributed by atoms with van der Waals surface area (Å²) >= 11 is 13.4. The Labute approximate surface area is 189 Å². The van der Waals surface area contributed by atoms with E-state index in [2.05, 4.69) is 0 Å². The van der Waals surface area contributed by atoms with Crippen LogP contribution in [-0.2, 0) is 4.79 Å². The molecule has 5 nitrogen and oxygen atoms in total. The monoisotopic (exact) mass is 464 g/mol. The summed E-state index contributed by atoms with van der Waals surface area (Å²) in [4.78, 5) is 42.9. The van der Waals surface area contributed by atoms with Gasteiger partial charge in [-0.15, -0.1) is 11.3 Å². The number of carbonyl (C=O) groups excluding carboxylic acids is 3. The maximum atomic E-state index is 13.1. The number of carbonyl (C=O) groups is 3. The molecule has 0 bridgehead atoms. The van der Waals surface area contributed by atoms with Gasteiger partial charge < -0.3 is 9.80 Å². The van der Waals surface area contributed by atoms with Crippen molar-refractivity contribution in [1.82, 2.24) is 9.80 Å². The highest BCUT2D eigenvalue weighted by molar-refractivity contribution is 7.12. The highest BCUT2D eigenvalue weighted by Gasteiger charge is 2.38. The van der Waals surface area contributed by atoms with E-state index in [1.807, 2.05) is 16.3 Å². The number of thiophene rings is 1. The summed E-state index contributed by atoms with van der Waals surface area (Å²) in [6.45, 7) is 1.65. The van der Waals surface area contributed by atoms with E-state index in [1.165, 1.54) is 11.3 Å². The first-order valence-electron chi connectivity index (χ1n) is 10.1. The molecule has 4 rings (SSSR count). The molecule has 1 atom stereocenters. The summed E-state index contributed by atoms with van der Waals surface area (Å²) in [6.07, 6.45) is 2.74. The molecule has 0 radical (unpaired) electrons. The van der Waals surface area contributed by atoms with Crippen LogP contribution < -0.4 is 0 Å². The summed E-state index contributed by atoms with van der Waals surface area (Å²) in [5, 5.41) is 2.66. The fourth-order valence-electron chi connectivity index (χ4n) is 4.27. The zero-order chi connectivity index (χ0) is 21.3. The standard InChI is InChI=1S/C22H22Cl2N2O3S/c23-16-6-5-15(13-17(16)24)20(27)14-7-10-25(11-8-14)21(28)18-3-1-9-26(18)22(29)19-4-2-12-30-19/h2,4-6,12-14,18H,1,3,7-11H2/t18-/m0/s1. The van der Waals surface area contributed by atoms with Crippen molar-refractivity contribution in [3.05, 3.63) is 56.2 Å². The quantitative estimate of drug-likeness (QED) is 0.611. The lowest BCUT2D eigenvalue weighted by molar-refractivity contribution is -0.136. The average Bonchev–Trinajstić information content (AvgIpc) is 3.46. The molecular weight excluding hydrogens is 443 g/mol. The fraction of sp³-hybridized carbons (Fsp3) is 0.409. The Hall–Kier alpha value is -1.89. The first kappa shape index (κ1) is 21.3. The summed E-state index contributed by atoms with van der Waals surface area (Å²) in [5.74, 6) is -0.168. The van der Waals surface area contributed by atoms with Crippen LogP contribution in [0.5, 0.6) is 0 Å². The maximum Gasteiger partial charge on any atom is 0.264 e. The van der Waals surface area contributed by atoms with Crippen LogP contribution in [0.4, 0.5) is 0 Å². The third-order valence-corrected chi connectivity index (χ3v) is 7.51. The highest BCUT2D eigenvalue weighted by Crippen LogP contribution is 2.29. The normalized spacial score (nSPS) is 19.9. The van der Waals surface area contributed by atoms with Crippen LogP contribution >= 0.6 is 34.5 Å². The molecule has 30 heavy (non-hydrogen) atoms. The van der Waals surface area contributed by atoms with E-state index in [1.54, 1.807) is 29.2 Å². The van der Waals surface area contributed by atoms with Crippen molar-refractivity contribution in [2.45, 2.75) is 31.7 Å². The van der Waals surface area contributed by atoms with Crippen molar-refractivity contribution >= 4 is 52.1 Å². The molecule has 2 aliphatic heterocycles. The van der Waals surface area contributed by atoms with Gasteiger partial charge in [0.2, 0.25) is 5.91 Å². The van der Waals surface area contributed by atoms with E-state index in [0.717, 1.165) is 6.42 Å². The van der Waals surface area contributed by atoms with Gasteiger partial charge in [0.15, 0.2) is 5.78 Å². The van der Waals surface area contributed by atoms with Gasteiger partial charge in [-0.25, -0.2) is 0 Å². The van der Waals surface area contributed by atoms with Gasteiger partial charge in [-0.2, -0.15) is 0 Å². The molecule has 0 aliphatic carbocycles. The van der Waals surface area contributed by atoms with Crippen molar-refractivity contribution in [1.29, 1.82) is 0 Å². The molecule has 0 N–H and O–H groups in total. The summed E-state index contributed by atoms with van der Waals surface area (Å²) < 4.78 is 0. The molecule has 2 aliphatic rings. The first-order chi connectivity index (χ1) is 14.5. The van der Waals surface area contributed by atoms with Gasteiger partial charge in [-0.3, -0.25) is 14.4 Å². The Morgan fingerprint density at radius 2 is 1.73 bits per heavy atom. The Morgan fingerprint density at radius 1 is 0.967 bits per heavy atom. The van der Waals surface area contributed by atoms with Crippen molar-refractivity contribution in [3.63, 3.8) is 0 Å².